The first-order chi connectivity index (χ1) is 35.5. The van der Waals surface area contributed by atoms with Crippen molar-refractivity contribution in [1.29, 1.82) is 0 Å². The highest BCUT2D eigenvalue weighted by Crippen LogP contribution is 2.18. The van der Waals surface area contributed by atoms with Crippen LogP contribution in [0.4, 0.5) is 0 Å². The van der Waals surface area contributed by atoms with Gasteiger partial charge >= 0.3 is 5.97 Å². The highest BCUT2D eigenvalue weighted by molar-refractivity contribution is 5.76. The summed E-state index contributed by atoms with van der Waals surface area (Å²) in [5, 5.41) is 23.2. The van der Waals surface area contributed by atoms with E-state index >= 15 is 0 Å². The lowest BCUT2D eigenvalue weighted by atomic mass is 10.0. The van der Waals surface area contributed by atoms with Crippen LogP contribution in [0.2, 0.25) is 0 Å². The summed E-state index contributed by atoms with van der Waals surface area (Å²) in [6.45, 7) is 4.92. The Balaban J connectivity index is 3.44. The molecule has 0 aliphatic carbocycles. The van der Waals surface area contributed by atoms with Crippen molar-refractivity contribution in [1.82, 2.24) is 5.32 Å². The van der Waals surface area contributed by atoms with Crippen LogP contribution in [0.15, 0.2) is 24.3 Å². The van der Waals surface area contributed by atoms with E-state index in [-0.39, 0.29) is 18.5 Å². The van der Waals surface area contributed by atoms with Gasteiger partial charge in [0.1, 0.15) is 0 Å². The summed E-state index contributed by atoms with van der Waals surface area (Å²) in [6.07, 6.45) is 76.5. The van der Waals surface area contributed by atoms with Crippen LogP contribution in [-0.4, -0.2) is 47.4 Å². The van der Waals surface area contributed by atoms with Crippen molar-refractivity contribution in [3.05, 3.63) is 24.3 Å². The first-order valence-electron chi connectivity index (χ1n) is 32.6. The van der Waals surface area contributed by atoms with Crippen molar-refractivity contribution in [2.75, 3.05) is 13.2 Å². The van der Waals surface area contributed by atoms with Crippen LogP contribution < -0.4 is 5.32 Å². The second-order valence-corrected chi connectivity index (χ2v) is 22.5. The van der Waals surface area contributed by atoms with Gasteiger partial charge in [0.2, 0.25) is 5.91 Å². The number of ether oxygens (including phenoxy) is 1. The van der Waals surface area contributed by atoms with Crippen molar-refractivity contribution in [3.8, 4) is 0 Å². The van der Waals surface area contributed by atoms with E-state index in [0.717, 1.165) is 44.9 Å². The zero-order valence-electron chi connectivity index (χ0n) is 48.7. The highest BCUT2D eigenvalue weighted by Gasteiger charge is 2.18. The van der Waals surface area contributed by atoms with E-state index in [9.17, 15) is 19.8 Å². The predicted molar refractivity (Wildman–Crippen MR) is 315 cm³/mol. The first-order valence-corrected chi connectivity index (χ1v) is 32.6. The van der Waals surface area contributed by atoms with Gasteiger partial charge in [-0.1, -0.05) is 314 Å². The Morgan fingerprint density at radius 2 is 0.653 bits per heavy atom. The Morgan fingerprint density at radius 1 is 0.375 bits per heavy atom. The molecule has 0 rings (SSSR count). The lowest BCUT2D eigenvalue weighted by molar-refractivity contribution is -0.143. The maximum Gasteiger partial charge on any atom is 0.305 e. The molecule has 0 aliphatic heterocycles. The maximum atomic E-state index is 12.5. The maximum absolute atomic E-state index is 12.5. The van der Waals surface area contributed by atoms with Gasteiger partial charge in [0.15, 0.2) is 0 Å². The van der Waals surface area contributed by atoms with Gasteiger partial charge in [0.25, 0.3) is 0 Å². The molecule has 0 fully saturated rings. The number of nitrogens with one attached hydrogen (secondary N) is 1. The number of carbonyl (C=O) groups excluding carboxylic acids is 2. The summed E-state index contributed by atoms with van der Waals surface area (Å²) >= 11 is 0. The molecule has 6 heteroatoms. The molecule has 0 aliphatic rings. The molecule has 72 heavy (non-hydrogen) atoms. The van der Waals surface area contributed by atoms with E-state index in [1.807, 2.05) is 6.08 Å². The van der Waals surface area contributed by atoms with Gasteiger partial charge in [-0.05, 0) is 57.8 Å². The number of aliphatic hydroxyl groups is 2. The van der Waals surface area contributed by atoms with Crippen molar-refractivity contribution >= 4 is 11.9 Å². The van der Waals surface area contributed by atoms with E-state index in [1.54, 1.807) is 6.08 Å². The number of rotatable bonds is 61. The Labute approximate surface area is 450 Å². The Hall–Kier alpha value is -1.66. The Morgan fingerprint density at radius 3 is 0.986 bits per heavy atom. The third-order valence-electron chi connectivity index (χ3n) is 15.2. The molecule has 0 radical (unpaired) electrons. The lowest BCUT2D eigenvalue weighted by Gasteiger charge is -2.20. The molecule has 426 valence electrons. The van der Waals surface area contributed by atoms with Gasteiger partial charge in [-0.15, -0.1) is 0 Å². The van der Waals surface area contributed by atoms with Gasteiger partial charge in [-0.25, -0.2) is 0 Å². The summed E-state index contributed by atoms with van der Waals surface area (Å²) in [4.78, 5) is 24.6. The molecule has 1 amide bonds. The van der Waals surface area contributed by atoms with Crippen LogP contribution in [0.5, 0.6) is 0 Å². The standard InChI is InChI=1S/C66H127NO5/c1-3-5-7-9-11-13-15-17-19-21-26-30-34-38-42-46-50-54-58-64(69)63(62-68)67-65(70)59-55-51-47-43-39-35-31-27-24-23-25-29-33-37-41-45-49-53-57-61-72-66(71)60-56-52-48-44-40-36-32-28-22-20-18-16-14-12-10-8-6-4-2/h23-24,54,58,63-64,68-69H,3-22,25-53,55-57,59-62H2,1-2H3,(H,67,70)/b24-23-,58-54+. The fourth-order valence-electron chi connectivity index (χ4n) is 10.2. The predicted octanol–water partition coefficient (Wildman–Crippen LogP) is 20.6. The van der Waals surface area contributed by atoms with E-state index in [4.69, 9.17) is 4.74 Å². The second kappa shape index (κ2) is 61.9. The largest absolute Gasteiger partial charge is 0.466 e. The fraction of sp³-hybridized carbons (Fsp3) is 0.909. The number of esters is 1. The third-order valence-corrected chi connectivity index (χ3v) is 15.2. The molecule has 0 saturated carbocycles. The van der Waals surface area contributed by atoms with Crippen molar-refractivity contribution in [2.45, 2.75) is 373 Å². The molecule has 0 bridgehead atoms. The number of carbonyl (C=O) groups is 2. The summed E-state index contributed by atoms with van der Waals surface area (Å²) in [5.74, 6) is -0.0666. The van der Waals surface area contributed by atoms with Gasteiger partial charge in [-0.3, -0.25) is 9.59 Å². The average Bonchev–Trinajstić information content (AvgIpc) is 3.38. The Kier molecular flexibility index (Phi) is 60.5. The second-order valence-electron chi connectivity index (χ2n) is 22.5. The van der Waals surface area contributed by atoms with E-state index in [2.05, 4.69) is 31.3 Å². The molecule has 0 heterocycles. The van der Waals surface area contributed by atoms with Crippen LogP contribution in [0.25, 0.3) is 0 Å². The average molecular weight is 1010 g/mol. The molecule has 0 aromatic rings. The number of unbranched alkanes of at least 4 members (excludes halogenated alkanes) is 48. The van der Waals surface area contributed by atoms with Crippen LogP contribution in [0.1, 0.15) is 361 Å². The summed E-state index contributed by atoms with van der Waals surface area (Å²) in [6, 6.07) is -0.635. The van der Waals surface area contributed by atoms with E-state index in [0.29, 0.717) is 19.4 Å². The third kappa shape index (κ3) is 57.6. The zero-order chi connectivity index (χ0) is 52.2. The quantitative estimate of drug-likeness (QED) is 0.0320. The number of allylic oxidation sites excluding steroid dienone is 3. The summed E-state index contributed by atoms with van der Waals surface area (Å²) < 4.78 is 5.50. The lowest BCUT2D eigenvalue weighted by Crippen LogP contribution is -2.45. The van der Waals surface area contributed by atoms with Gasteiger partial charge < -0.3 is 20.3 Å². The molecule has 0 spiro atoms. The minimum Gasteiger partial charge on any atom is -0.466 e. The number of hydrogen-bond donors (Lipinski definition) is 3. The molecule has 2 unspecified atom stereocenters. The molecule has 6 nitrogen and oxygen atoms in total. The van der Waals surface area contributed by atoms with Crippen molar-refractivity contribution in [2.24, 2.45) is 0 Å². The number of amides is 1. The monoisotopic (exact) mass is 1010 g/mol. The van der Waals surface area contributed by atoms with Crippen LogP contribution in [0.3, 0.4) is 0 Å². The van der Waals surface area contributed by atoms with Crippen LogP contribution in [0, 0.1) is 0 Å². The SMILES string of the molecule is CCCCCCCCCCCCCCCCCC/C=C/C(O)C(CO)NC(=O)CCCCCCCCC/C=C\CCCCCCCCCCOC(=O)CCCCCCCCCCCCCCCCCCCC. The molecule has 0 aromatic carbocycles. The van der Waals surface area contributed by atoms with Crippen LogP contribution in [-0.2, 0) is 14.3 Å². The molecule has 0 saturated heterocycles. The molecule has 3 N–H and O–H groups in total. The number of hydrogen-bond acceptors (Lipinski definition) is 5. The van der Waals surface area contributed by atoms with Gasteiger partial charge in [-0.2, -0.15) is 0 Å². The minimum absolute atomic E-state index is 0.00818. The van der Waals surface area contributed by atoms with Gasteiger partial charge in [0.05, 0.1) is 25.4 Å². The normalized spacial score (nSPS) is 12.7. The minimum atomic E-state index is -0.851. The molecular weight excluding hydrogens is 887 g/mol. The van der Waals surface area contributed by atoms with Crippen molar-refractivity contribution in [3.63, 3.8) is 0 Å². The van der Waals surface area contributed by atoms with Crippen molar-refractivity contribution < 1.29 is 24.5 Å². The molecular formula is C66H127NO5. The summed E-state index contributed by atoms with van der Waals surface area (Å²) in [5.41, 5.74) is 0. The fourth-order valence-corrected chi connectivity index (χ4v) is 10.2. The smallest absolute Gasteiger partial charge is 0.305 e. The first kappa shape index (κ1) is 70.3. The van der Waals surface area contributed by atoms with E-state index < -0.39 is 12.1 Å². The molecule has 0 aromatic heterocycles. The summed E-state index contributed by atoms with van der Waals surface area (Å²) in [7, 11) is 0. The van der Waals surface area contributed by atoms with Crippen LogP contribution >= 0.6 is 0 Å². The molecule has 2 atom stereocenters. The zero-order valence-corrected chi connectivity index (χ0v) is 48.7. The highest BCUT2D eigenvalue weighted by atomic mass is 16.5. The topological polar surface area (TPSA) is 95.9 Å². The van der Waals surface area contributed by atoms with E-state index in [1.165, 1.54) is 289 Å². The number of aliphatic hydroxyl groups excluding tert-OH is 2. The van der Waals surface area contributed by atoms with Gasteiger partial charge in [0, 0.05) is 12.8 Å². The Bertz CT molecular complexity index is 1120.